The van der Waals surface area contributed by atoms with Crippen LogP contribution in [0.2, 0.25) is 0 Å². The Morgan fingerprint density at radius 2 is 1.53 bits per heavy atom. The lowest BCUT2D eigenvalue weighted by Gasteiger charge is -2.28. The summed E-state index contributed by atoms with van der Waals surface area (Å²) in [5.41, 5.74) is 0. The maximum Gasteiger partial charge on any atom is 0.233 e. The number of imide groups is 1. The van der Waals surface area contributed by atoms with E-state index in [1.165, 1.54) is 4.90 Å². The summed E-state index contributed by atoms with van der Waals surface area (Å²) in [7, 11) is 0. The minimum absolute atomic E-state index is 0.0328. The molecule has 1 N–H and O–H groups in total. The van der Waals surface area contributed by atoms with Crippen LogP contribution < -0.4 is 0 Å². The van der Waals surface area contributed by atoms with Crippen molar-refractivity contribution in [1.82, 2.24) is 4.90 Å². The standard InChI is InChI=1S/C15H21NO3/c17-11-7-5-10(6-8-11)9-16-14(18)12-3-1-2-4-13(12)15(16)19/h1-2,10-13,17H,3-9H2. The second-order valence-electron chi connectivity index (χ2n) is 6.12. The molecular formula is C15H21NO3. The highest BCUT2D eigenvalue weighted by Gasteiger charge is 2.47. The number of carbonyl (C=O) groups is 2. The van der Waals surface area contributed by atoms with E-state index >= 15 is 0 Å². The van der Waals surface area contributed by atoms with Gasteiger partial charge in [-0.2, -0.15) is 0 Å². The lowest BCUT2D eigenvalue weighted by atomic mass is 9.85. The van der Waals surface area contributed by atoms with Crippen LogP contribution in [0, 0.1) is 17.8 Å². The Balaban J connectivity index is 1.65. The van der Waals surface area contributed by atoms with Gasteiger partial charge in [-0.3, -0.25) is 14.5 Å². The number of nitrogens with zero attached hydrogens (tertiary/aromatic N) is 1. The second-order valence-corrected chi connectivity index (χ2v) is 6.12. The largest absolute Gasteiger partial charge is 0.393 e. The molecule has 1 saturated carbocycles. The number of hydrogen-bond donors (Lipinski definition) is 1. The van der Waals surface area contributed by atoms with E-state index in [1.54, 1.807) is 0 Å². The number of rotatable bonds is 2. The molecule has 3 aliphatic rings. The first kappa shape index (κ1) is 12.9. The molecule has 2 amide bonds. The smallest absolute Gasteiger partial charge is 0.233 e. The highest BCUT2D eigenvalue weighted by Crippen LogP contribution is 2.36. The number of amides is 2. The molecule has 2 atom stereocenters. The van der Waals surface area contributed by atoms with E-state index in [4.69, 9.17) is 0 Å². The fourth-order valence-electron chi connectivity index (χ4n) is 3.63. The monoisotopic (exact) mass is 263 g/mol. The van der Waals surface area contributed by atoms with Gasteiger partial charge in [0.05, 0.1) is 17.9 Å². The molecule has 2 unspecified atom stereocenters. The molecule has 1 aliphatic heterocycles. The van der Waals surface area contributed by atoms with Gasteiger partial charge in [0, 0.05) is 6.54 Å². The van der Waals surface area contributed by atoms with Crippen molar-refractivity contribution in [3.63, 3.8) is 0 Å². The van der Waals surface area contributed by atoms with Crippen LogP contribution in [0.4, 0.5) is 0 Å². The van der Waals surface area contributed by atoms with Crippen LogP contribution in [-0.2, 0) is 9.59 Å². The molecule has 3 rings (SSSR count). The van der Waals surface area contributed by atoms with Crippen molar-refractivity contribution in [3.05, 3.63) is 12.2 Å². The lowest BCUT2D eigenvalue weighted by molar-refractivity contribution is -0.140. The van der Waals surface area contributed by atoms with Gasteiger partial charge in [-0.15, -0.1) is 0 Å². The van der Waals surface area contributed by atoms with Crippen molar-refractivity contribution in [2.45, 2.75) is 44.6 Å². The molecule has 0 spiro atoms. The lowest BCUT2D eigenvalue weighted by Crippen LogP contribution is -2.37. The quantitative estimate of drug-likeness (QED) is 0.606. The summed E-state index contributed by atoms with van der Waals surface area (Å²) in [5, 5.41) is 9.50. The van der Waals surface area contributed by atoms with Crippen molar-refractivity contribution < 1.29 is 14.7 Å². The van der Waals surface area contributed by atoms with E-state index in [-0.39, 0.29) is 29.8 Å². The Bertz CT molecular complexity index is 384. The second kappa shape index (κ2) is 5.08. The van der Waals surface area contributed by atoms with E-state index in [0.717, 1.165) is 38.5 Å². The zero-order valence-electron chi connectivity index (χ0n) is 11.1. The summed E-state index contributed by atoms with van der Waals surface area (Å²) in [4.78, 5) is 26.1. The van der Waals surface area contributed by atoms with E-state index in [0.29, 0.717) is 12.5 Å². The molecule has 1 heterocycles. The van der Waals surface area contributed by atoms with Crippen molar-refractivity contribution in [1.29, 1.82) is 0 Å². The van der Waals surface area contributed by atoms with Gasteiger partial charge in [0.2, 0.25) is 11.8 Å². The third-order valence-electron chi connectivity index (χ3n) is 4.86. The number of aliphatic hydroxyl groups excluding tert-OH is 1. The predicted molar refractivity (Wildman–Crippen MR) is 70.0 cm³/mol. The first-order valence-electron chi connectivity index (χ1n) is 7.35. The average Bonchev–Trinajstić information content (AvgIpc) is 2.67. The normalized spacial score (nSPS) is 38.7. The highest BCUT2D eigenvalue weighted by molar-refractivity contribution is 6.05. The molecule has 2 aliphatic carbocycles. The first-order chi connectivity index (χ1) is 9.16. The predicted octanol–water partition coefficient (Wildman–Crippen LogP) is 1.49. The van der Waals surface area contributed by atoms with Crippen LogP contribution in [0.1, 0.15) is 38.5 Å². The van der Waals surface area contributed by atoms with Crippen LogP contribution in [-0.4, -0.2) is 34.5 Å². The van der Waals surface area contributed by atoms with Gasteiger partial charge in [-0.1, -0.05) is 12.2 Å². The molecule has 0 radical (unpaired) electrons. The van der Waals surface area contributed by atoms with Crippen molar-refractivity contribution in [2.24, 2.45) is 17.8 Å². The summed E-state index contributed by atoms with van der Waals surface area (Å²) in [6.45, 7) is 0.567. The van der Waals surface area contributed by atoms with E-state index in [1.807, 2.05) is 12.2 Å². The molecule has 4 heteroatoms. The Morgan fingerprint density at radius 3 is 2.05 bits per heavy atom. The highest BCUT2D eigenvalue weighted by atomic mass is 16.3. The summed E-state index contributed by atoms with van der Waals surface area (Å²) >= 11 is 0. The fraction of sp³-hybridized carbons (Fsp3) is 0.733. The van der Waals surface area contributed by atoms with Gasteiger partial charge in [-0.25, -0.2) is 0 Å². The minimum Gasteiger partial charge on any atom is -0.393 e. The average molecular weight is 263 g/mol. The van der Waals surface area contributed by atoms with Gasteiger partial charge in [-0.05, 0) is 44.4 Å². The Labute approximate surface area is 113 Å². The number of likely N-dealkylation sites (tertiary alicyclic amines) is 1. The topological polar surface area (TPSA) is 57.6 Å². The molecule has 104 valence electrons. The summed E-state index contributed by atoms with van der Waals surface area (Å²) < 4.78 is 0. The Hall–Kier alpha value is -1.16. The summed E-state index contributed by atoms with van der Waals surface area (Å²) in [5.74, 6) is 0.235. The third kappa shape index (κ3) is 2.34. The minimum atomic E-state index is -0.187. The molecule has 0 aromatic carbocycles. The van der Waals surface area contributed by atoms with Crippen molar-refractivity contribution in [2.75, 3.05) is 6.54 Å². The van der Waals surface area contributed by atoms with Crippen molar-refractivity contribution >= 4 is 11.8 Å². The molecule has 1 saturated heterocycles. The van der Waals surface area contributed by atoms with E-state index in [2.05, 4.69) is 0 Å². The number of fused-ring (bicyclic) bond motifs is 1. The maximum absolute atomic E-state index is 12.3. The number of hydrogen-bond acceptors (Lipinski definition) is 3. The summed E-state index contributed by atoms with van der Waals surface area (Å²) in [6.07, 6.45) is 8.74. The fourth-order valence-corrected chi connectivity index (χ4v) is 3.63. The van der Waals surface area contributed by atoms with Crippen LogP contribution in [0.25, 0.3) is 0 Å². The molecule has 2 fully saturated rings. The van der Waals surface area contributed by atoms with Gasteiger partial charge in [0.15, 0.2) is 0 Å². The first-order valence-corrected chi connectivity index (χ1v) is 7.35. The van der Waals surface area contributed by atoms with E-state index in [9.17, 15) is 14.7 Å². The van der Waals surface area contributed by atoms with Crippen LogP contribution >= 0.6 is 0 Å². The number of carbonyl (C=O) groups excluding carboxylic acids is 2. The molecule has 0 aromatic heterocycles. The Kier molecular flexibility index (Phi) is 3.44. The molecule has 0 aromatic rings. The van der Waals surface area contributed by atoms with Gasteiger partial charge >= 0.3 is 0 Å². The van der Waals surface area contributed by atoms with Crippen molar-refractivity contribution in [3.8, 4) is 0 Å². The molecule has 19 heavy (non-hydrogen) atoms. The van der Waals surface area contributed by atoms with Gasteiger partial charge < -0.3 is 5.11 Å². The van der Waals surface area contributed by atoms with E-state index < -0.39 is 0 Å². The summed E-state index contributed by atoms with van der Waals surface area (Å²) in [6, 6.07) is 0. The molecular weight excluding hydrogens is 242 g/mol. The van der Waals surface area contributed by atoms with Crippen LogP contribution in [0.3, 0.4) is 0 Å². The molecule has 0 bridgehead atoms. The van der Waals surface area contributed by atoms with Gasteiger partial charge in [0.25, 0.3) is 0 Å². The number of allylic oxidation sites excluding steroid dienone is 2. The number of aliphatic hydroxyl groups is 1. The molecule has 4 nitrogen and oxygen atoms in total. The third-order valence-corrected chi connectivity index (χ3v) is 4.86. The zero-order chi connectivity index (χ0) is 13.4. The SMILES string of the molecule is O=C1C2CC=CCC2C(=O)N1CC1CCC(O)CC1. The van der Waals surface area contributed by atoms with Gasteiger partial charge in [0.1, 0.15) is 0 Å². The maximum atomic E-state index is 12.3. The van der Waals surface area contributed by atoms with Crippen LogP contribution in [0.5, 0.6) is 0 Å². The van der Waals surface area contributed by atoms with Crippen LogP contribution in [0.15, 0.2) is 12.2 Å². The zero-order valence-corrected chi connectivity index (χ0v) is 11.1. The Morgan fingerprint density at radius 1 is 1.00 bits per heavy atom.